The number of amides is 1. The Labute approximate surface area is 138 Å². The Morgan fingerprint density at radius 3 is 3.09 bits per heavy atom. The van der Waals surface area contributed by atoms with Crippen LogP contribution in [-0.4, -0.2) is 52.8 Å². The van der Waals surface area contributed by atoms with Crippen molar-refractivity contribution in [3.63, 3.8) is 0 Å². The van der Waals surface area contributed by atoms with Crippen LogP contribution in [-0.2, 0) is 17.9 Å². The van der Waals surface area contributed by atoms with E-state index >= 15 is 0 Å². The van der Waals surface area contributed by atoms with Gasteiger partial charge in [0.15, 0.2) is 0 Å². The first kappa shape index (κ1) is 16.5. The van der Waals surface area contributed by atoms with Gasteiger partial charge in [0.05, 0.1) is 12.2 Å². The van der Waals surface area contributed by atoms with Gasteiger partial charge in [-0.25, -0.2) is 0 Å². The lowest BCUT2D eigenvalue weighted by molar-refractivity contribution is -0.123. The molecule has 0 aliphatic carbocycles. The number of piperidine rings is 1. The third kappa shape index (κ3) is 4.54. The van der Waals surface area contributed by atoms with Gasteiger partial charge in [0, 0.05) is 37.9 Å². The molecule has 3 rings (SSSR count). The van der Waals surface area contributed by atoms with Crippen LogP contribution in [0.3, 0.4) is 0 Å². The molecule has 1 amide bonds. The maximum atomic E-state index is 12.1. The predicted octanol–water partition coefficient (Wildman–Crippen LogP) is 0.983. The van der Waals surface area contributed by atoms with Crippen molar-refractivity contribution in [2.45, 2.75) is 51.7 Å². The molecule has 2 aliphatic rings. The van der Waals surface area contributed by atoms with Crippen LogP contribution in [0.2, 0.25) is 0 Å². The van der Waals surface area contributed by atoms with E-state index in [1.54, 1.807) is 0 Å². The van der Waals surface area contributed by atoms with Gasteiger partial charge in [-0.05, 0) is 51.6 Å². The van der Waals surface area contributed by atoms with Gasteiger partial charge in [0.2, 0.25) is 5.91 Å². The van der Waals surface area contributed by atoms with Crippen LogP contribution in [0.5, 0.6) is 0 Å². The summed E-state index contributed by atoms with van der Waals surface area (Å²) in [7, 11) is 0. The molecule has 23 heavy (non-hydrogen) atoms. The third-order valence-corrected chi connectivity index (χ3v) is 4.96. The van der Waals surface area contributed by atoms with Crippen molar-refractivity contribution in [2.75, 3.05) is 26.2 Å². The first-order valence-corrected chi connectivity index (χ1v) is 8.99. The van der Waals surface area contributed by atoms with E-state index in [1.807, 2.05) is 10.9 Å². The van der Waals surface area contributed by atoms with Gasteiger partial charge in [-0.1, -0.05) is 0 Å². The minimum Gasteiger partial charge on any atom is -0.354 e. The zero-order valence-electron chi connectivity index (χ0n) is 14.1. The standard InChI is InChI=1S/C17H29N5O/c1-2-22-13-15(10-20-22)12-21-8-4-5-14(11-21)9-19-17(23)16-6-3-7-18-16/h10,13-14,16,18H,2-9,11-12H2,1H3,(H,19,23). The highest BCUT2D eigenvalue weighted by molar-refractivity contribution is 5.81. The molecule has 2 saturated heterocycles. The number of hydrogen-bond acceptors (Lipinski definition) is 4. The fourth-order valence-electron chi connectivity index (χ4n) is 3.66. The fourth-order valence-corrected chi connectivity index (χ4v) is 3.66. The second-order valence-electron chi connectivity index (χ2n) is 6.84. The van der Waals surface area contributed by atoms with Gasteiger partial charge >= 0.3 is 0 Å². The monoisotopic (exact) mass is 319 g/mol. The Balaban J connectivity index is 1.43. The van der Waals surface area contributed by atoms with Gasteiger partial charge in [-0.3, -0.25) is 14.4 Å². The zero-order valence-corrected chi connectivity index (χ0v) is 14.1. The molecule has 2 fully saturated rings. The van der Waals surface area contributed by atoms with E-state index in [0.717, 1.165) is 52.1 Å². The van der Waals surface area contributed by atoms with Crippen LogP contribution < -0.4 is 10.6 Å². The zero-order chi connectivity index (χ0) is 16.1. The smallest absolute Gasteiger partial charge is 0.237 e. The first-order valence-electron chi connectivity index (χ1n) is 8.99. The van der Waals surface area contributed by atoms with Crippen molar-refractivity contribution in [2.24, 2.45) is 5.92 Å². The van der Waals surface area contributed by atoms with Crippen LogP contribution in [0.1, 0.15) is 38.2 Å². The van der Waals surface area contributed by atoms with Gasteiger partial charge in [-0.15, -0.1) is 0 Å². The number of hydrogen-bond donors (Lipinski definition) is 2. The summed E-state index contributed by atoms with van der Waals surface area (Å²) in [4.78, 5) is 14.6. The van der Waals surface area contributed by atoms with Crippen molar-refractivity contribution >= 4 is 5.91 Å². The van der Waals surface area contributed by atoms with Gasteiger partial charge < -0.3 is 10.6 Å². The Morgan fingerprint density at radius 1 is 1.43 bits per heavy atom. The largest absolute Gasteiger partial charge is 0.354 e. The molecule has 6 nitrogen and oxygen atoms in total. The molecule has 3 heterocycles. The van der Waals surface area contributed by atoms with E-state index in [9.17, 15) is 4.79 Å². The quantitative estimate of drug-likeness (QED) is 0.821. The molecular formula is C17H29N5O. The van der Waals surface area contributed by atoms with Gasteiger partial charge in [0.25, 0.3) is 0 Å². The summed E-state index contributed by atoms with van der Waals surface area (Å²) in [5.74, 6) is 0.749. The topological polar surface area (TPSA) is 62.2 Å². The molecule has 128 valence electrons. The molecule has 0 aromatic carbocycles. The molecule has 0 saturated carbocycles. The summed E-state index contributed by atoms with van der Waals surface area (Å²) in [5, 5.41) is 10.8. The Bertz CT molecular complexity index is 509. The van der Waals surface area contributed by atoms with Crippen LogP contribution in [0.25, 0.3) is 0 Å². The number of aryl methyl sites for hydroxylation is 1. The lowest BCUT2D eigenvalue weighted by Crippen LogP contribution is -2.45. The Hall–Kier alpha value is -1.40. The second kappa shape index (κ2) is 7.93. The normalized spacial score (nSPS) is 25.6. The van der Waals surface area contributed by atoms with E-state index in [2.05, 4.69) is 33.8 Å². The molecule has 1 aromatic heterocycles. The highest BCUT2D eigenvalue weighted by atomic mass is 16.2. The molecule has 2 unspecified atom stereocenters. The molecule has 0 spiro atoms. The number of rotatable bonds is 6. The summed E-state index contributed by atoms with van der Waals surface area (Å²) in [6.07, 6.45) is 8.62. The summed E-state index contributed by atoms with van der Waals surface area (Å²) < 4.78 is 1.98. The van der Waals surface area contributed by atoms with Crippen molar-refractivity contribution in [3.8, 4) is 0 Å². The van der Waals surface area contributed by atoms with E-state index in [1.165, 1.54) is 18.4 Å². The summed E-state index contributed by atoms with van der Waals surface area (Å²) in [5.41, 5.74) is 1.28. The molecule has 0 radical (unpaired) electrons. The predicted molar refractivity (Wildman–Crippen MR) is 89.9 cm³/mol. The Kier molecular flexibility index (Phi) is 5.67. The van der Waals surface area contributed by atoms with E-state index < -0.39 is 0 Å². The van der Waals surface area contributed by atoms with E-state index in [-0.39, 0.29) is 11.9 Å². The number of nitrogens with one attached hydrogen (secondary N) is 2. The lowest BCUT2D eigenvalue weighted by Gasteiger charge is -2.32. The molecule has 2 atom stereocenters. The molecule has 6 heteroatoms. The molecule has 1 aromatic rings. The fraction of sp³-hybridized carbons (Fsp3) is 0.765. The third-order valence-electron chi connectivity index (χ3n) is 4.96. The summed E-state index contributed by atoms with van der Waals surface area (Å²) >= 11 is 0. The minimum absolute atomic E-state index is 0.0366. The van der Waals surface area contributed by atoms with Crippen LogP contribution in [0.15, 0.2) is 12.4 Å². The van der Waals surface area contributed by atoms with Crippen LogP contribution in [0, 0.1) is 5.92 Å². The minimum atomic E-state index is 0.0366. The van der Waals surface area contributed by atoms with Crippen molar-refractivity contribution in [1.82, 2.24) is 25.3 Å². The number of likely N-dealkylation sites (tertiary alicyclic amines) is 1. The lowest BCUT2D eigenvalue weighted by atomic mass is 9.97. The second-order valence-corrected chi connectivity index (χ2v) is 6.84. The molecule has 2 aliphatic heterocycles. The maximum Gasteiger partial charge on any atom is 0.237 e. The molecule has 0 bridgehead atoms. The van der Waals surface area contributed by atoms with Gasteiger partial charge in [-0.2, -0.15) is 5.10 Å². The molecule has 2 N–H and O–H groups in total. The van der Waals surface area contributed by atoms with Crippen LogP contribution in [0.4, 0.5) is 0 Å². The summed E-state index contributed by atoms with van der Waals surface area (Å²) in [6.45, 7) is 7.98. The number of aromatic nitrogens is 2. The van der Waals surface area contributed by atoms with E-state index in [0.29, 0.717) is 5.92 Å². The van der Waals surface area contributed by atoms with Gasteiger partial charge in [0.1, 0.15) is 0 Å². The molecular weight excluding hydrogens is 290 g/mol. The van der Waals surface area contributed by atoms with Crippen molar-refractivity contribution in [1.29, 1.82) is 0 Å². The highest BCUT2D eigenvalue weighted by Gasteiger charge is 2.24. The Morgan fingerprint density at radius 2 is 2.35 bits per heavy atom. The summed E-state index contributed by atoms with van der Waals surface area (Å²) in [6, 6.07) is 0.0366. The number of carbonyl (C=O) groups is 1. The average Bonchev–Trinajstić information content (AvgIpc) is 3.24. The number of carbonyl (C=O) groups excluding carboxylic acids is 1. The number of nitrogens with zero attached hydrogens (tertiary/aromatic N) is 3. The van der Waals surface area contributed by atoms with Crippen molar-refractivity contribution in [3.05, 3.63) is 18.0 Å². The van der Waals surface area contributed by atoms with E-state index in [4.69, 9.17) is 0 Å². The maximum absolute atomic E-state index is 12.1. The first-order chi connectivity index (χ1) is 11.2. The highest BCUT2D eigenvalue weighted by Crippen LogP contribution is 2.18. The SMILES string of the molecule is CCn1cc(CN2CCCC(CNC(=O)C3CCCN3)C2)cn1. The van der Waals surface area contributed by atoms with Crippen LogP contribution >= 0.6 is 0 Å². The average molecular weight is 319 g/mol. The van der Waals surface area contributed by atoms with Crippen molar-refractivity contribution < 1.29 is 4.79 Å².